The first-order chi connectivity index (χ1) is 6.83. The fourth-order valence-electron chi connectivity index (χ4n) is 1.05. The molecule has 1 amide bonds. The van der Waals surface area contributed by atoms with Gasteiger partial charge in [0.25, 0.3) is 0 Å². The third-order valence-corrected chi connectivity index (χ3v) is 1.67. The maximum Gasteiger partial charge on any atom is 0.407 e. The summed E-state index contributed by atoms with van der Waals surface area (Å²) in [4.78, 5) is 10.8. The van der Waals surface area contributed by atoms with Gasteiger partial charge in [0.1, 0.15) is 0 Å². The minimum absolute atomic E-state index is 0.354. The second-order valence-corrected chi connectivity index (χ2v) is 2.77. The molecule has 0 saturated carbocycles. The smallest absolute Gasteiger partial charge is 0.407 e. The molecule has 0 fully saturated rings. The van der Waals surface area contributed by atoms with Gasteiger partial charge >= 0.3 is 6.09 Å². The first-order valence-electron chi connectivity index (χ1n) is 4.71. The van der Waals surface area contributed by atoms with Crippen molar-refractivity contribution >= 4 is 6.09 Å². The summed E-state index contributed by atoms with van der Waals surface area (Å²) in [6.45, 7) is 3.60. The van der Waals surface area contributed by atoms with Crippen molar-refractivity contribution in [2.75, 3.05) is 13.2 Å². The summed E-state index contributed by atoms with van der Waals surface area (Å²) >= 11 is 0. The van der Waals surface area contributed by atoms with Gasteiger partial charge in [0.2, 0.25) is 0 Å². The quantitative estimate of drug-likeness (QED) is 0.717. The van der Waals surface area contributed by atoms with Crippen LogP contribution in [-0.4, -0.2) is 29.0 Å². The molecule has 1 aromatic rings. The molecule has 1 heterocycles. The van der Waals surface area contributed by atoms with Crippen molar-refractivity contribution in [3.05, 3.63) is 18.5 Å². The Morgan fingerprint density at radius 1 is 1.64 bits per heavy atom. The van der Waals surface area contributed by atoms with Gasteiger partial charge in [-0.05, 0) is 19.4 Å². The lowest BCUT2D eigenvalue weighted by atomic mass is 10.4. The number of carbonyl (C=O) groups is 1. The Kier molecular flexibility index (Phi) is 4.54. The van der Waals surface area contributed by atoms with Crippen molar-refractivity contribution in [3.63, 3.8) is 0 Å². The fourth-order valence-corrected chi connectivity index (χ4v) is 1.05. The lowest BCUT2D eigenvalue weighted by Crippen LogP contribution is -2.26. The molecule has 78 valence electrons. The maximum atomic E-state index is 10.8. The lowest BCUT2D eigenvalue weighted by Gasteiger charge is -2.04. The molecule has 0 unspecified atom stereocenters. The molecule has 0 spiro atoms. The number of rotatable bonds is 5. The van der Waals surface area contributed by atoms with Crippen LogP contribution in [0.5, 0.6) is 0 Å². The predicted molar refractivity (Wildman–Crippen MR) is 51.9 cm³/mol. The molecular weight excluding hydrogens is 182 g/mol. The van der Waals surface area contributed by atoms with E-state index in [0.29, 0.717) is 13.2 Å². The summed E-state index contributed by atoms with van der Waals surface area (Å²) in [7, 11) is 0. The van der Waals surface area contributed by atoms with E-state index in [1.54, 1.807) is 13.1 Å². The number of hydrogen-bond donors (Lipinski definition) is 1. The standard InChI is InChI=1S/C9H15N3O2/c1-2-14-9(13)10-5-3-7-12-8-4-6-11-12/h4,6,8H,2-3,5,7H2,1H3,(H,10,13). The van der Waals surface area contributed by atoms with E-state index in [-0.39, 0.29) is 6.09 Å². The molecule has 0 aliphatic carbocycles. The minimum Gasteiger partial charge on any atom is -0.450 e. The fraction of sp³-hybridized carbons (Fsp3) is 0.556. The SMILES string of the molecule is CCOC(=O)NCCCn1cccn1. The van der Waals surface area contributed by atoms with E-state index < -0.39 is 0 Å². The first kappa shape index (κ1) is 10.6. The molecule has 14 heavy (non-hydrogen) atoms. The van der Waals surface area contributed by atoms with Crippen LogP contribution in [0.3, 0.4) is 0 Å². The number of carbonyl (C=O) groups excluding carboxylic acids is 1. The van der Waals surface area contributed by atoms with E-state index in [1.165, 1.54) is 0 Å². The summed E-state index contributed by atoms with van der Waals surface area (Å²) < 4.78 is 6.53. The van der Waals surface area contributed by atoms with E-state index >= 15 is 0 Å². The Morgan fingerprint density at radius 2 is 2.50 bits per heavy atom. The zero-order valence-corrected chi connectivity index (χ0v) is 8.27. The number of nitrogens with zero attached hydrogens (tertiary/aromatic N) is 2. The second kappa shape index (κ2) is 6.01. The predicted octanol–water partition coefficient (Wildman–Crippen LogP) is 1.02. The Labute approximate surface area is 83.1 Å². The average Bonchev–Trinajstić information content (AvgIpc) is 2.65. The van der Waals surface area contributed by atoms with Crippen molar-refractivity contribution in [1.82, 2.24) is 15.1 Å². The van der Waals surface area contributed by atoms with Crippen molar-refractivity contribution in [3.8, 4) is 0 Å². The summed E-state index contributed by atoms with van der Waals surface area (Å²) in [6, 6.07) is 1.87. The Hall–Kier alpha value is -1.52. The summed E-state index contributed by atoms with van der Waals surface area (Å²) in [5.41, 5.74) is 0. The van der Waals surface area contributed by atoms with Gasteiger partial charge in [-0.25, -0.2) is 4.79 Å². The Balaban J connectivity index is 2.02. The minimum atomic E-state index is -0.354. The van der Waals surface area contributed by atoms with E-state index in [2.05, 4.69) is 10.4 Å². The zero-order chi connectivity index (χ0) is 10.2. The lowest BCUT2D eigenvalue weighted by molar-refractivity contribution is 0.152. The molecule has 1 aromatic heterocycles. The largest absolute Gasteiger partial charge is 0.450 e. The number of alkyl carbamates (subject to hydrolysis) is 1. The molecule has 1 N–H and O–H groups in total. The van der Waals surface area contributed by atoms with Crippen LogP contribution in [-0.2, 0) is 11.3 Å². The molecule has 0 aliphatic heterocycles. The molecule has 0 bridgehead atoms. The van der Waals surface area contributed by atoms with Crippen molar-refractivity contribution in [2.24, 2.45) is 0 Å². The number of nitrogens with one attached hydrogen (secondary N) is 1. The van der Waals surface area contributed by atoms with Gasteiger partial charge in [0, 0.05) is 25.5 Å². The van der Waals surface area contributed by atoms with Crippen LogP contribution in [0.25, 0.3) is 0 Å². The highest BCUT2D eigenvalue weighted by Crippen LogP contribution is 1.88. The third-order valence-electron chi connectivity index (χ3n) is 1.67. The van der Waals surface area contributed by atoms with E-state index in [4.69, 9.17) is 4.74 Å². The highest BCUT2D eigenvalue weighted by Gasteiger charge is 1.98. The summed E-state index contributed by atoms with van der Waals surface area (Å²) in [6.07, 6.45) is 4.12. The third kappa shape index (κ3) is 3.93. The van der Waals surface area contributed by atoms with Crippen molar-refractivity contribution in [1.29, 1.82) is 0 Å². The van der Waals surface area contributed by atoms with E-state index in [1.807, 2.05) is 16.9 Å². The van der Waals surface area contributed by atoms with Crippen molar-refractivity contribution < 1.29 is 9.53 Å². The Morgan fingerprint density at radius 3 is 3.14 bits per heavy atom. The zero-order valence-electron chi connectivity index (χ0n) is 8.27. The number of hydrogen-bond acceptors (Lipinski definition) is 3. The van der Waals surface area contributed by atoms with Crippen molar-refractivity contribution in [2.45, 2.75) is 19.9 Å². The number of aryl methyl sites for hydroxylation is 1. The highest BCUT2D eigenvalue weighted by molar-refractivity contribution is 5.66. The number of amides is 1. The molecule has 0 radical (unpaired) electrons. The van der Waals surface area contributed by atoms with Crippen LogP contribution in [0.15, 0.2) is 18.5 Å². The molecule has 0 aromatic carbocycles. The van der Waals surface area contributed by atoms with Crippen LogP contribution in [0, 0.1) is 0 Å². The molecular formula is C9H15N3O2. The normalized spacial score (nSPS) is 9.79. The molecule has 0 aliphatic rings. The summed E-state index contributed by atoms with van der Waals surface area (Å²) in [5, 5.41) is 6.69. The molecule has 0 atom stereocenters. The van der Waals surface area contributed by atoms with Crippen LogP contribution in [0.4, 0.5) is 4.79 Å². The maximum absolute atomic E-state index is 10.8. The van der Waals surface area contributed by atoms with Gasteiger partial charge in [-0.3, -0.25) is 4.68 Å². The number of ether oxygens (including phenoxy) is 1. The first-order valence-corrected chi connectivity index (χ1v) is 4.71. The molecule has 5 heteroatoms. The Bertz CT molecular complexity index is 259. The van der Waals surface area contributed by atoms with Crippen LogP contribution in [0.1, 0.15) is 13.3 Å². The van der Waals surface area contributed by atoms with Crippen LogP contribution in [0.2, 0.25) is 0 Å². The number of aromatic nitrogens is 2. The van der Waals surface area contributed by atoms with Crippen LogP contribution >= 0.6 is 0 Å². The van der Waals surface area contributed by atoms with Gasteiger partial charge in [0.15, 0.2) is 0 Å². The molecule has 5 nitrogen and oxygen atoms in total. The summed E-state index contributed by atoms with van der Waals surface area (Å²) in [5.74, 6) is 0. The van der Waals surface area contributed by atoms with E-state index in [0.717, 1.165) is 13.0 Å². The second-order valence-electron chi connectivity index (χ2n) is 2.77. The van der Waals surface area contributed by atoms with Gasteiger partial charge in [-0.15, -0.1) is 0 Å². The van der Waals surface area contributed by atoms with Gasteiger partial charge in [-0.1, -0.05) is 0 Å². The van der Waals surface area contributed by atoms with Gasteiger partial charge in [-0.2, -0.15) is 5.10 Å². The monoisotopic (exact) mass is 197 g/mol. The average molecular weight is 197 g/mol. The topological polar surface area (TPSA) is 56.1 Å². The molecule has 1 rings (SSSR count). The van der Waals surface area contributed by atoms with E-state index in [9.17, 15) is 4.79 Å². The van der Waals surface area contributed by atoms with Gasteiger partial charge in [0.05, 0.1) is 6.61 Å². The van der Waals surface area contributed by atoms with Crippen LogP contribution < -0.4 is 5.32 Å². The molecule has 0 saturated heterocycles. The highest BCUT2D eigenvalue weighted by atomic mass is 16.5. The van der Waals surface area contributed by atoms with Gasteiger partial charge < -0.3 is 10.1 Å².